The Morgan fingerprint density at radius 3 is 2.24 bits per heavy atom. The molecule has 0 spiro atoms. The van der Waals surface area contributed by atoms with Gasteiger partial charge in [-0.25, -0.2) is 4.79 Å². The number of hydrogen-bond donors (Lipinski definition) is 2. The standard InChI is InChI=1S/C9H16N2O5S/c1-6(12)10-7(9(14)15)4-17(16)5-8(13)11(2)3/h7H,4-5H2,1-3H3,(H,10,12)(H,14,15). The largest absolute Gasteiger partial charge is 0.480 e. The molecule has 0 heterocycles. The molecule has 0 aliphatic heterocycles. The van der Waals surface area contributed by atoms with E-state index in [-0.39, 0.29) is 17.4 Å². The van der Waals surface area contributed by atoms with E-state index in [9.17, 15) is 18.6 Å². The van der Waals surface area contributed by atoms with Gasteiger partial charge < -0.3 is 15.3 Å². The first-order valence-electron chi connectivity index (χ1n) is 4.79. The summed E-state index contributed by atoms with van der Waals surface area (Å²) in [6.07, 6.45) is 0. The molecule has 98 valence electrons. The van der Waals surface area contributed by atoms with Crippen molar-refractivity contribution in [2.45, 2.75) is 13.0 Å². The number of carbonyl (C=O) groups excluding carboxylic acids is 2. The topological polar surface area (TPSA) is 104 Å². The molecule has 7 nitrogen and oxygen atoms in total. The molecule has 0 aromatic rings. The van der Waals surface area contributed by atoms with E-state index in [1.807, 2.05) is 0 Å². The fourth-order valence-corrected chi connectivity index (χ4v) is 2.18. The van der Waals surface area contributed by atoms with Crippen LogP contribution in [-0.2, 0) is 25.2 Å². The zero-order valence-electron chi connectivity index (χ0n) is 9.93. The highest BCUT2D eigenvalue weighted by Crippen LogP contribution is 1.93. The first-order chi connectivity index (χ1) is 7.73. The summed E-state index contributed by atoms with van der Waals surface area (Å²) in [5.74, 6) is -2.68. The molecule has 2 N–H and O–H groups in total. The number of hydrogen-bond acceptors (Lipinski definition) is 4. The number of amides is 2. The van der Waals surface area contributed by atoms with Crippen LogP contribution in [0.25, 0.3) is 0 Å². The van der Waals surface area contributed by atoms with Gasteiger partial charge in [-0.2, -0.15) is 0 Å². The molecule has 0 saturated heterocycles. The van der Waals surface area contributed by atoms with Crippen LogP contribution in [0.4, 0.5) is 0 Å². The van der Waals surface area contributed by atoms with Gasteiger partial charge in [0.25, 0.3) is 0 Å². The highest BCUT2D eigenvalue weighted by molar-refractivity contribution is 7.85. The lowest BCUT2D eigenvalue weighted by atomic mass is 10.3. The van der Waals surface area contributed by atoms with Crippen molar-refractivity contribution < 1.29 is 23.7 Å². The fraction of sp³-hybridized carbons (Fsp3) is 0.667. The Balaban J connectivity index is 4.36. The van der Waals surface area contributed by atoms with Crippen LogP contribution in [0.3, 0.4) is 0 Å². The van der Waals surface area contributed by atoms with Crippen molar-refractivity contribution >= 4 is 28.6 Å². The van der Waals surface area contributed by atoms with Crippen LogP contribution in [0.2, 0.25) is 0 Å². The molecule has 2 amide bonds. The minimum Gasteiger partial charge on any atom is -0.480 e. The van der Waals surface area contributed by atoms with Gasteiger partial charge in [-0.15, -0.1) is 0 Å². The lowest BCUT2D eigenvalue weighted by molar-refractivity contribution is -0.140. The number of nitrogens with zero attached hydrogens (tertiary/aromatic N) is 1. The Hall–Kier alpha value is -1.44. The monoisotopic (exact) mass is 264 g/mol. The fourth-order valence-electron chi connectivity index (χ4n) is 0.932. The van der Waals surface area contributed by atoms with Gasteiger partial charge in [0.2, 0.25) is 11.8 Å². The van der Waals surface area contributed by atoms with E-state index in [0.29, 0.717) is 0 Å². The summed E-state index contributed by atoms with van der Waals surface area (Å²) in [5, 5.41) is 10.9. The van der Waals surface area contributed by atoms with Crippen molar-refractivity contribution in [1.82, 2.24) is 10.2 Å². The third-order valence-electron chi connectivity index (χ3n) is 1.81. The summed E-state index contributed by atoms with van der Waals surface area (Å²) < 4.78 is 11.5. The van der Waals surface area contributed by atoms with Gasteiger partial charge in [-0.3, -0.25) is 13.8 Å². The Morgan fingerprint density at radius 2 is 1.88 bits per heavy atom. The summed E-state index contributed by atoms with van der Waals surface area (Å²) in [4.78, 5) is 34.0. The van der Waals surface area contributed by atoms with Crippen LogP contribution in [0.1, 0.15) is 6.92 Å². The molecule has 17 heavy (non-hydrogen) atoms. The molecule has 0 saturated carbocycles. The Kier molecular flexibility index (Phi) is 6.40. The number of nitrogens with one attached hydrogen (secondary N) is 1. The van der Waals surface area contributed by atoms with Gasteiger partial charge in [-0.05, 0) is 0 Å². The summed E-state index contributed by atoms with van der Waals surface area (Å²) in [6.45, 7) is 1.17. The van der Waals surface area contributed by atoms with Crippen LogP contribution in [0, 0.1) is 0 Å². The number of carboxylic acids is 1. The van der Waals surface area contributed by atoms with Gasteiger partial charge in [0.15, 0.2) is 0 Å². The minimum atomic E-state index is -1.62. The molecule has 8 heteroatoms. The molecule has 0 aromatic heterocycles. The predicted octanol–water partition coefficient (Wildman–Crippen LogP) is -1.59. The maximum Gasteiger partial charge on any atom is 0.327 e. The summed E-state index contributed by atoms with van der Waals surface area (Å²) in [7, 11) is 1.41. The van der Waals surface area contributed by atoms with Crippen molar-refractivity contribution in [1.29, 1.82) is 0 Å². The molecular weight excluding hydrogens is 248 g/mol. The lowest BCUT2D eigenvalue weighted by Gasteiger charge is -2.14. The summed E-state index contributed by atoms with van der Waals surface area (Å²) in [6, 6.07) is -1.23. The van der Waals surface area contributed by atoms with Crippen LogP contribution >= 0.6 is 0 Å². The average Bonchev–Trinajstić information content (AvgIpc) is 2.15. The smallest absolute Gasteiger partial charge is 0.327 e. The van der Waals surface area contributed by atoms with E-state index < -0.39 is 28.7 Å². The molecule has 0 aromatic carbocycles. The number of rotatable bonds is 6. The SMILES string of the molecule is CC(=O)NC(CS(=O)CC(=O)N(C)C)C(=O)O. The maximum atomic E-state index is 11.5. The van der Waals surface area contributed by atoms with E-state index in [1.54, 1.807) is 0 Å². The van der Waals surface area contributed by atoms with Crippen LogP contribution < -0.4 is 5.32 Å². The summed E-state index contributed by atoms with van der Waals surface area (Å²) in [5.41, 5.74) is 0. The molecule has 0 radical (unpaired) electrons. The third-order valence-corrected chi connectivity index (χ3v) is 3.09. The van der Waals surface area contributed by atoms with Gasteiger partial charge in [0.05, 0.1) is 5.75 Å². The molecule has 0 aliphatic carbocycles. The molecule has 2 atom stereocenters. The molecule has 0 bridgehead atoms. The lowest BCUT2D eigenvalue weighted by Crippen LogP contribution is -2.44. The summed E-state index contributed by atoms with van der Waals surface area (Å²) >= 11 is 0. The van der Waals surface area contributed by atoms with Crippen molar-refractivity contribution in [2.24, 2.45) is 0 Å². The van der Waals surface area contributed by atoms with Crippen LogP contribution in [-0.4, -0.2) is 63.6 Å². The number of aliphatic carboxylic acids is 1. The molecule has 2 unspecified atom stereocenters. The van der Waals surface area contributed by atoms with E-state index >= 15 is 0 Å². The van der Waals surface area contributed by atoms with Crippen molar-refractivity contribution in [3.63, 3.8) is 0 Å². The molecule has 0 fully saturated rings. The maximum absolute atomic E-state index is 11.5. The average molecular weight is 264 g/mol. The number of carboxylic acid groups (broad SMARTS) is 1. The van der Waals surface area contributed by atoms with E-state index in [1.165, 1.54) is 25.9 Å². The van der Waals surface area contributed by atoms with Gasteiger partial charge in [0.1, 0.15) is 11.8 Å². The molecule has 0 aliphatic rings. The van der Waals surface area contributed by atoms with Crippen molar-refractivity contribution in [2.75, 3.05) is 25.6 Å². The zero-order chi connectivity index (χ0) is 13.6. The Morgan fingerprint density at radius 1 is 1.35 bits per heavy atom. The highest BCUT2D eigenvalue weighted by atomic mass is 32.2. The molecule has 0 rings (SSSR count). The quantitative estimate of drug-likeness (QED) is 0.602. The van der Waals surface area contributed by atoms with Crippen molar-refractivity contribution in [3.8, 4) is 0 Å². The van der Waals surface area contributed by atoms with E-state index in [0.717, 1.165) is 0 Å². The van der Waals surface area contributed by atoms with Crippen LogP contribution in [0.15, 0.2) is 0 Å². The van der Waals surface area contributed by atoms with Gasteiger partial charge >= 0.3 is 5.97 Å². The van der Waals surface area contributed by atoms with Gasteiger partial charge in [0, 0.05) is 31.8 Å². The zero-order valence-corrected chi connectivity index (χ0v) is 10.7. The predicted molar refractivity (Wildman–Crippen MR) is 61.8 cm³/mol. The third kappa shape index (κ3) is 6.67. The second kappa shape index (κ2) is 7.00. The molecular formula is C9H16N2O5S. The van der Waals surface area contributed by atoms with E-state index in [4.69, 9.17) is 5.11 Å². The number of carbonyl (C=O) groups is 3. The van der Waals surface area contributed by atoms with Gasteiger partial charge in [-0.1, -0.05) is 0 Å². The first-order valence-corrected chi connectivity index (χ1v) is 6.28. The normalized spacial score (nSPS) is 13.6. The van der Waals surface area contributed by atoms with Crippen molar-refractivity contribution in [3.05, 3.63) is 0 Å². The highest BCUT2D eigenvalue weighted by Gasteiger charge is 2.22. The van der Waals surface area contributed by atoms with Crippen LogP contribution in [0.5, 0.6) is 0 Å². The van der Waals surface area contributed by atoms with E-state index in [2.05, 4.69) is 5.32 Å². The second-order valence-electron chi connectivity index (χ2n) is 3.63. The minimum absolute atomic E-state index is 0.254. The first kappa shape index (κ1) is 15.6. The Labute approximate surface area is 102 Å². The Bertz CT molecular complexity index is 342. The second-order valence-corrected chi connectivity index (χ2v) is 5.13.